The van der Waals surface area contributed by atoms with Crippen molar-refractivity contribution in [1.82, 2.24) is 10.5 Å². The maximum absolute atomic E-state index is 12.1. The molecule has 0 atom stereocenters. The zero-order valence-electron chi connectivity index (χ0n) is 10.1. The average Bonchev–Trinajstić information content (AvgIpc) is 2.89. The Morgan fingerprint density at radius 1 is 1.33 bits per heavy atom. The highest BCUT2D eigenvalue weighted by atomic mass is 16.5. The number of amides is 1. The minimum atomic E-state index is -0.171. The topological polar surface area (TPSA) is 67.2 Å². The molecular weight excluding hydrogens is 230 g/mol. The number of hydrogen-bond donors (Lipinski definition) is 2. The van der Waals surface area contributed by atoms with Gasteiger partial charge in [-0.05, 0) is 31.6 Å². The molecule has 0 saturated carbocycles. The molecule has 1 amide bonds. The summed E-state index contributed by atoms with van der Waals surface area (Å²) in [5.41, 5.74) is 1.67. The molecule has 2 N–H and O–H groups in total. The third kappa shape index (κ3) is 2.95. The van der Waals surface area contributed by atoms with Crippen molar-refractivity contribution in [3.05, 3.63) is 47.7 Å². The molecule has 0 fully saturated rings. The standard InChI is InChI=1S/C13H15N3O2/c1-14-8-6-10-4-2-3-5-11(10)13(17)15-12-7-9-18-16-12/h2-5,7,9,14H,6,8H2,1H3,(H,15,16,17). The largest absolute Gasteiger partial charge is 0.363 e. The minimum absolute atomic E-state index is 0.171. The zero-order valence-corrected chi connectivity index (χ0v) is 10.1. The summed E-state index contributed by atoms with van der Waals surface area (Å²) in [6.07, 6.45) is 2.22. The van der Waals surface area contributed by atoms with Crippen LogP contribution in [0.15, 0.2) is 41.1 Å². The van der Waals surface area contributed by atoms with E-state index in [0.29, 0.717) is 11.4 Å². The Bertz CT molecular complexity index is 509. The van der Waals surface area contributed by atoms with E-state index in [1.54, 1.807) is 12.1 Å². The van der Waals surface area contributed by atoms with E-state index in [2.05, 4.69) is 20.3 Å². The summed E-state index contributed by atoms with van der Waals surface area (Å²) >= 11 is 0. The van der Waals surface area contributed by atoms with E-state index in [4.69, 9.17) is 0 Å². The highest BCUT2D eigenvalue weighted by Gasteiger charge is 2.11. The van der Waals surface area contributed by atoms with Crippen LogP contribution in [0.1, 0.15) is 15.9 Å². The Morgan fingerprint density at radius 3 is 2.89 bits per heavy atom. The molecule has 1 heterocycles. The number of nitrogens with one attached hydrogen (secondary N) is 2. The van der Waals surface area contributed by atoms with Gasteiger partial charge in [0, 0.05) is 11.6 Å². The average molecular weight is 245 g/mol. The number of carbonyl (C=O) groups is 1. The summed E-state index contributed by atoms with van der Waals surface area (Å²) in [5, 5.41) is 9.41. The molecule has 0 aliphatic rings. The van der Waals surface area contributed by atoms with Gasteiger partial charge in [-0.15, -0.1) is 0 Å². The van der Waals surface area contributed by atoms with Crippen LogP contribution in [0.2, 0.25) is 0 Å². The van der Waals surface area contributed by atoms with Crippen LogP contribution in [-0.4, -0.2) is 24.7 Å². The fourth-order valence-electron chi connectivity index (χ4n) is 1.68. The Balaban J connectivity index is 2.13. The van der Waals surface area contributed by atoms with Gasteiger partial charge in [-0.2, -0.15) is 0 Å². The summed E-state index contributed by atoms with van der Waals surface area (Å²) in [6, 6.07) is 9.14. The predicted octanol–water partition coefficient (Wildman–Crippen LogP) is 1.69. The second-order valence-electron chi connectivity index (χ2n) is 3.85. The summed E-state index contributed by atoms with van der Waals surface area (Å²) in [4.78, 5) is 12.1. The first-order valence-electron chi connectivity index (χ1n) is 5.75. The fourth-order valence-corrected chi connectivity index (χ4v) is 1.68. The number of rotatable bonds is 5. The molecule has 0 spiro atoms. The van der Waals surface area contributed by atoms with Gasteiger partial charge in [0.1, 0.15) is 6.26 Å². The number of carbonyl (C=O) groups excluding carboxylic acids is 1. The van der Waals surface area contributed by atoms with Crippen molar-refractivity contribution in [3.63, 3.8) is 0 Å². The summed E-state index contributed by atoms with van der Waals surface area (Å²) in [5.74, 6) is 0.249. The van der Waals surface area contributed by atoms with E-state index in [0.717, 1.165) is 18.5 Å². The number of nitrogens with zero attached hydrogens (tertiary/aromatic N) is 1. The van der Waals surface area contributed by atoms with Crippen molar-refractivity contribution in [1.29, 1.82) is 0 Å². The number of hydrogen-bond acceptors (Lipinski definition) is 4. The zero-order chi connectivity index (χ0) is 12.8. The van der Waals surface area contributed by atoms with E-state index < -0.39 is 0 Å². The van der Waals surface area contributed by atoms with Crippen molar-refractivity contribution >= 4 is 11.7 Å². The number of benzene rings is 1. The molecule has 0 unspecified atom stereocenters. The van der Waals surface area contributed by atoms with Gasteiger partial charge >= 0.3 is 0 Å². The van der Waals surface area contributed by atoms with Crippen LogP contribution >= 0.6 is 0 Å². The molecule has 0 radical (unpaired) electrons. The van der Waals surface area contributed by atoms with E-state index in [1.165, 1.54) is 6.26 Å². The van der Waals surface area contributed by atoms with E-state index >= 15 is 0 Å². The smallest absolute Gasteiger partial charge is 0.257 e. The first kappa shape index (κ1) is 12.3. The van der Waals surface area contributed by atoms with Crippen LogP contribution in [0.4, 0.5) is 5.82 Å². The lowest BCUT2D eigenvalue weighted by atomic mass is 10.0. The summed E-state index contributed by atoms with van der Waals surface area (Å²) in [6.45, 7) is 0.828. The second-order valence-corrected chi connectivity index (χ2v) is 3.85. The lowest BCUT2D eigenvalue weighted by molar-refractivity contribution is 0.102. The van der Waals surface area contributed by atoms with Crippen LogP contribution in [-0.2, 0) is 6.42 Å². The minimum Gasteiger partial charge on any atom is -0.363 e. The lowest BCUT2D eigenvalue weighted by Gasteiger charge is -2.08. The molecule has 0 saturated heterocycles. The van der Waals surface area contributed by atoms with Gasteiger partial charge in [0.2, 0.25) is 0 Å². The molecule has 2 rings (SSSR count). The summed E-state index contributed by atoms with van der Waals surface area (Å²) < 4.78 is 4.67. The van der Waals surface area contributed by atoms with Gasteiger partial charge in [0.25, 0.3) is 5.91 Å². The van der Waals surface area contributed by atoms with Gasteiger partial charge in [-0.1, -0.05) is 23.4 Å². The quantitative estimate of drug-likeness (QED) is 0.841. The molecule has 0 aliphatic carbocycles. The Hall–Kier alpha value is -2.14. The first-order chi connectivity index (χ1) is 8.81. The van der Waals surface area contributed by atoms with Crippen molar-refractivity contribution in [2.45, 2.75) is 6.42 Å². The molecule has 5 heteroatoms. The maximum Gasteiger partial charge on any atom is 0.257 e. The van der Waals surface area contributed by atoms with E-state index in [1.807, 2.05) is 25.2 Å². The van der Waals surface area contributed by atoms with Crippen LogP contribution in [0.5, 0.6) is 0 Å². The van der Waals surface area contributed by atoms with Crippen molar-refractivity contribution < 1.29 is 9.32 Å². The van der Waals surface area contributed by atoms with Crippen LogP contribution < -0.4 is 10.6 Å². The van der Waals surface area contributed by atoms with Gasteiger partial charge in [0.15, 0.2) is 5.82 Å². The third-order valence-corrected chi connectivity index (χ3v) is 2.59. The SMILES string of the molecule is CNCCc1ccccc1C(=O)Nc1ccon1. The van der Waals surface area contributed by atoms with Gasteiger partial charge in [-0.25, -0.2) is 0 Å². The Morgan fingerprint density at radius 2 is 2.17 bits per heavy atom. The molecule has 94 valence electrons. The third-order valence-electron chi connectivity index (χ3n) is 2.59. The van der Waals surface area contributed by atoms with Crippen molar-refractivity contribution in [2.75, 3.05) is 18.9 Å². The van der Waals surface area contributed by atoms with Gasteiger partial charge in [0.05, 0.1) is 0 Å². The van der Waals surface area contributed by atoms with Crippen LogP contribution in [0.3, 0.4) is 0 Å². The Labute approximate surface area is 105 Å². The number of anilines is 1. The number of likely N-dealkylation sites (N-methyl/N-ethyl adjacent to an activating group) is 1. The molecule has 1 aromatic carbocycles. The molecular formula is C13H15N3O2. The second kappa shape index (κ2) is 5.97. The monoisotopic (exact) mass is 245 g/mol. The highest BCUT2D eigenvalue weighted by molar-refractivity contribution is 6.04. The highest BCUT2D eigenvalue weighted by Crippen LogP contribution is 2.12. The predicted molar refractivity (Wildman–Crippen MR) is 68.5 cm³/mol. The maximum atomic E-state index is 12.1. The molecule has 0 bridgehead atoms. The van der Waals surface area contributed by atoms with Crippen LogP contribution in [0.25, 0.3) is 0 Å². The molecule has 2 aromatic rings. The lowest BCUT2D eigenvalue weighted by Crippen LogP contribution is -2.17. The van der Waals surface area contributed by atoms with E-state index in [-0.39, 0.29) is 5.91 Å². The van der Waals surface area contributed by atoms with Crippen LogP contribution in [0, 0.1) is 0 Å². The Kier molecular flexibility index (Phi) is 4.09. The van der Waals surface area contributed by atoms with Gasteiger partial charge in [-0.3, -0.25) is 4.79 Å². The molecule has 18 heavy (non-hydrogen) atoms. The number of aromatic nitrogens is 1. The molecule has 1 aromatic heterocycles. The first-order valence-corrected chi connectivity index (χ1v) is 5.75. The summed E-state index contributed by atoms with van der Waals surface area (Å²) in [7, 11) is 1.89. The van der Waals surface area contributed by atoms with Gasteiger partial charge < -0.3 is 15.2 Å². The van der Waals surface area contributed by atoms with Crippen molar-refractivity contribution in [2.24, 2.45) is 0 Å². The molecule has 5 nitrogen and oxygen atoms in total. The normalized spacial score (nSPS) is 10.3. The molecule has 0 aliphatic heterocycles. The van der Waals surface area contributed by atoms with E-state index in [9.17, 15) is 4.79 Å². The fraction of sp³-hybridized carbons (Fsp3) is 0.231. The van der Waals surface area contributed by atoms with Crippen molar-refractivity contribution in [3.8, 4) is 0 Å².